The Morgan fingerprint density at radius 2 is 0.818 bits per heavy atom. The van der Waals surface area contributed by atoms with Crippen LogP contribution in [0.2, 0.25) is 0 Å². The van der Waals surface area contributed by atoms with Crippen LogP contribution in [-0.2, 0) is 0 Å². The van der Waals surface area contributed by atoms with Crippen LogP contribution in [0.5, 0.6) is 0 Å². The Bertz CT molecular complexity index is 584. The summed E-state index contributed by atoms with van der Waals surface area (Å²) >= 11 is 0. The number of hydrogen-bond acceptors (Lipinski definition) is 0. The zero-order valence-corrected chi connectivity index (χ0v) is 14.4. The van der Waals surface area contributed by atoms with Crippen molar-refractivity contribution in [2.75, 3.05) is 6.16 Å². The van der Waals surface area contributed by atoms with E-state index in [9.17, 15) is 0 Å². The molecule has 2 heteroatoms. The largest absolute Gasteiger partial charge is 0.147 e. The minimum Gasteiger partial charge on any atom is -0.147 e. The van der Waals surface area contributed by atoms with Gasteiger partial charge in [-0.1, -0.05) is 54.6 Å². The predicted molar refractivity (Wildman–Crippen MR) is 103 cm³/mol. The Morgan fingerprint density at radius 3 is 1.05 bits per heavy atom. The molecular weight excluding hydrogens is 307 g/mol. The van der Waals surface area contributed by atoms with Crippen molar-refractivity contribution in [1.29, 1.82) is 0 Å². The molecule has 0 aliphatic heterocycles. The van der Waals surface area contributed by atoms with E-state index in [0.717, 1.165) is 6.16 Å². The van der Waals surface area contributed by atoms with Gasteiger partial charge in [-0.15, -0.1) is 12.4 Å². The highest BCUT2D eigenvalue weighted by atomic mass is 35.5. The van der Waals surface area contributed by atoms with Crippen LogP contribution in [0.3, 0.4) is 0 Å². The van der Waals surface area contributed by atoms with Crippen molar-refractivity contribution in [3.8, 4) is 0 Å². The molecule has 0 saturated heterocycles. The van der Waals surface area contributed by atoms with Crippen molar-refractivity contribution < 1.29 is 0 Å². The minimum absolute atomic E-state index is 0. The van der Waals surface area contributed by atoms with Gasteiger partial charge < -0.3 is 0 Å². The molecule has 0 aliphatic rings. The van der Waals surface area contributed by atoms with Crippen LogP contribution in [-0.4, -0.2) is 6.16 Å². The van der Waals surface area contributed by atoms with Crippen molar-refractivity contribution in [3.63, 3.8) is 0 Å². The van der Waals surface area contributed by atoms with Gasteiger partial charge in [0.1, 0.15) is 23.2 Å². The lowest BCUT2D eigenvalue weighted by Crippen LogP contribution is -2.32. The summed E-state index contributed by atoms with van der Waals surface area (Å²) in [7, 11) is -1.53. The molecule has 0 saturated carbocycles. The summed E-state index contributed by atoms with van der Waals surface area (Å²) in [6, 6.07) is 33.0. The fraction of sp³-hybridized carbons (Fsp3) is 0.100. The molecule has 0 aromatic heterocycles. The van der Waals surface area contributed by atoms with Gasteiger partial charge >= 0.3 is 0 Å². The van der Waals surface area contributed by atoms with E-state index >= 15 is 0 Å². The lowest BCUT2D eigenvalue weighted by molar-refractivity contribution is 1.48. The average Bonchev–Trinajstić information content (AvgIpc) is 2.59. The molecule has 0 N–H and O–H groups in total. The summed E-state index contributed by atoms with van der Waals surface area (Å²) in [5, 5.41) is 4.39. The van der Waals surface area contributed by atoms with Crippen molar-refractivity contribution in [3.05, 3.63) is 91.0 Å². The van der Waals surface area contributed by atoms with Gasteiger partial charge in [0.15, 0.2) is 0 Å². The quantitative estimate of drug-likeness (QED) is 0.622. The molecule has 0 bridgehead atoms. The summed E-state index contributed by atoms with van der Waals surface area (Å²) in [4.78, 5) is 0. The zero-order chi connectivity index (χ0) is 14.5. The fourth-order valence-electron chi connectivity index (χ4n) is 3.04. The SMILES string of the molecule is CC[P+](c1ccccc1)(c1ccccc1)c1ccccc1.Cl. The molecule has 3 rings (SSSR count). The van der Waals surface area contributed by atoms with E-state index in [0.29, 0.717) is 0 Å². The maximum atomic E-state index is 2.32. The van der Waals surface area contributed by atoms with Gasteiger partial charge in [-0.05, 0) is 43.3 Å². The van der Waals surface area contributed by atoms with Gasteiger partial charge in [0.2, 0.25) is 0 Å². The standard InChI is InChI=1S/C20H20P.ClH/c1-2-21(18-12-6-3-7-13-18,19-14-8-4-9-15-19)20-16-10-5-11-17-20;/h3-17H,2H2,1H3;1H/q+1;. The van der Waals surface area contributed by atoms with Gasteiger partial charge in [0.25, 0.3) is 0 Å². The third-order valence-corrected chi connectivity index (χ3v) is 8.55. The van der Waals surface area contributed by atoms with Crippen molar-refractivity contribution in [2.45, 2.75) is 6.92 Å². The van der Waals surface area contributed by atoms with E-state index in [1.165, 1.54) is 15.9 Å². The first-order valence-electron chi connectivity index (χ1n) is 7.43. The van der Waals surface area contributed by atoms with Crippen molar-refractivity contribution in [1.82, 2.24) is 0 Å². The van der Waals surface area contributed by atoms with Crippen LogP contribution < -0.4 is 15.9 Å². The summed E-state index contributed by atoms with van der Waals surface area (Å²) in [6.07, 6.45) is 1.14. The number of rotatable bonds is 4. The predicted octanol–water partition coefficient (Wildman–Crippen LogP) is 4.42. The lowest BCUT2D eigenvalue weighted by atomic mass is 10.4. The normalized spacial score (nSPS) is 10.8. The average molecular weight is 328 g/mol. The second kappa shape index (κ2) is 7.58. The topological polar surface area (TPSA) is 0 Å². The maximum absolute atomic E-state index is 2.32. The summed E-state index contributed by atoms with van der Waals surface area (Å²) < 4.78 is 0. The lowest BCUT2D eigenvalue weighted by Gasteiger charge is -2.26. The Kier molecular flexibility index (Phi) is 5.77. The molecule has 0 nitrogen and oxygen atoms in total. The summed E-state index contributed by atoms with van der Waals surface area (Å²) in [6.45, 7) is 2.32. The van der Waals surface area contributed by atoms with Crippen LogP contribution in [0.25, 0.3) is 0 Å². The molecule has 0 radical (unpaired) electrons. The smallest absolute Gasteiger partial charge is 0.111 e. The zero-order valence-electron chi connectivity index (χ0n) is 12.7. The Labute approximate surface area is 140 Å². The Hall–Kier alpha value is -1.62. The Morgan fingerprint density at radius 1 is 0.545 bits per heavy atom. The van der Waals surface area contributed by atoms with Gasteiger partial charge in [-0.2, -0.15) is 0 Å². The van der Waals surface area contributed by atoms with Crippen LogP contribution in [0.4, 0.5) is 0 Å². The van der Waals surface area contributed by atoms with Crippen molar-refractivity contribution in [2.24, 2.45) is 0 Å². The first kappa shape index (κ1) is 16.7. The molecule has 3 aromatic rings. The molecule has 3 aromatic carbocycles. The number of benzene rings is 3. The van der Waals surface area contributed by atoms with Gasteiger partial charge in [-0.25, -0.2) is 0 Å². The van der Waals surface area contributed by atoms with E-state index in [2.05, 4.69) is 97.9 Å². The molecule has 0 spiro atoms. The number of halogens is 1. The first-order chi connectivity index (χ1) is 10.4. The second-order valence-electron chi connectivity index (χ2n) is 5.13. The number of hydrogen-bond donors (Lipinski definition) is 0. The molecule has 0 amide bonds. The minimum atomic E-state index is -1.53. The molecule has 0 aliphatic carbocycles. The molecule has 0 unspecified atom stereocenters. The Balaban J connectivity index is 0.00000176. The molecule has 0 heterocycles. The second-order valence-corrected chi connectivity index (χ2v) is 8.93. The van der Waals surface area contributed by atoms with E-state index in [4.69, 9.17) is 0 Å². The molecule has 22 heavy (non-hydrogen) atoms. The summed E-state index contributed by atoms with van der Waals surface area (Å²) in [5.74, 6) is 0. The van der Waals surface area contributed by atoms with Crippen LogP contribution in [0.1, 0.15) is 6.92 Å². The molecule has 112 valence electrons. The van der Waals surface area contributed by atoms with E-state index < -0.39 is 7.26 Å². The van der Waals surface area contributed by atoms with Crippen LogP contribution >= 0.6 is 19.7 Å². The third kappa shape index (κ3) is 2.95. The van der Waals surface area contributed by atoms with Crippen LogP contribution in [0, 0.1) is 0 Å². The van der Waals surface area contributed by atoms with E-state index in [-0.39, 0.29) is 12.4 Å². The fourth-order valence-corrected chi connectivity index (χ4v) is 7.08. The highest BCUT2D eigenvalue weighted by molar-refractivity contribution is 7.95. The molecule has 0 atom stereocenters. The third-order valence-electron chi connectivity index (χ3n) is 4.07. The van der Waals surface area contributed by atoms with Gasteiger partial charge in [-0.3, -0.25) is 0 Å². The maximum Gasteiger partial charge on any atom is 0.111 e. The van der Waals surface area contributed by atoms with Crippen molar-refractivity contribution >= 4 is 35.6 Å². The van der Waals surface area contributed by atoms with Gasteiger partial charge in [0.05, 0.1) is 6.16 Å². The first-order valence-corrected chi connectivity index (χ1v) is 9.40. The van der Waals surface area contributed by atoms with Gasteiger partial charge in [0, 0.05) is 0 Å². The molecule has 0 fully saturated rings. The summed E-state index contributed by atoms with van der Waals surface area (Å²) in [5.41, 5.74) is 0. The van der Waals surface area contributed by atoms with E-state index in [1.807, 2.05) is 0 Å². The highest BCUT2D eigenvalue weighted by Crippen LogP contribution is 2.54. The monoisotopic (exact) mass is 327 g/mol. The highest BCUT2D eigenvalue weighted by Gasteiger charge is 2.43. The van der Waals surface area contributed by atoms with Crippen LogP contribution in [0.15, 0.2) is 91.0 Å². The van der Waals surface area contributed by atoms with E-state index in [1.54, 1.807) is 0 Å². The molecular formula is C20H21ClP+.